The molecule has 0 spiro atoms. The zero-order valence-electron chi connectivity index (χ0n) is 12.7. The van der Waals surface area contributed by atoms with Crippen molar-refractivity contribution < 1.29 is 19.1 Å². The molecule has 0 amide bonds. The fraction of sp³-hybridized carbons (Fsp3) is 0.222. The number of benzene rings is 2. The molecule has 1 aromatic heterocycles. The van der Waals surface area contributed by atoms with Crippen LogP contribution in [0.5, 0.6) is 5.75 Å². The molecule has 23 heavy (non-hydrogen) atoms. The lowest BCUT2D eigenvalue weighted by atomic mass is 10.0. The molecule has 0 radical (unpaired) electrons. The fourth-order valence-electron chi connectivity index (χ4n) is 2.61. The largest absolute Gasteiger partial charge is 0.493 e. The Balaban J connectivity index is 2.15. The topological polar surface area (TPSA) is 76.7 Å². The van der Waals surface area contributed by atoms with E-state index in [4.69, 9.17) is 14.3 Å². The lowest BCUT2D eigenvalue weighted by molar-refractivity contribution is -0.137. The summed E-state index contributed by atoms with van der Waals surface area (Å²) in [5.41, 5.74) is 0.993. The van der Waals surface area contributed by atoms with Gasteiger partial charge in [0, 0.05) is 11.5 Å². The number of rotatable bonds is 5. The van der Waals surface area contributed by atoms with Gasteiger partial charge in [-0.1, -0.05) is 25.1 Å². The number of fused-ring (bicyclic) bond motifs is 3. The van der Waals surface area contributed by atoms with Crippen LogP contribution < -0.4 is 10.4 Å². The molecule has 0 bridgehead atoms. The van der Waals surface area contributed by atoms with E-state index >= 15 is 0 Å². The highest BCUT2D eigenvalue weighted by Gasteiger charge is 2.12. The van der Waals surface area contributed by atoms with Crippen molar-refractivity contribution in [2.24, 2.45) is 0 Å². The number of carboxylic acid groups (broad SMARTS) is 1. The Hall–Kier alpha value is -2.82. The van der Waals surface area contributed by atoms with Gasteiger partial charge in [-0.15, -0.1) is 0 Å². The van der Waals surface area contributed by atoms with E-state index in [2.05, 4.69) is 0 Å². The molecule has 1 heterocycles. The fourth-order valence-corrected chi connectivity index (χ4v) is 2.61. The van der Waals surface area contributed by atoms with E-state index < -0.39 is 11.6 Å². The highest BCUT2D eigenvalue weighted by molar-refractivity contribution is 6.04. The smallest absolute Gasteiger partial charge is 0.344 e. The minimum Gasteiger partial charge on any atom is -0.493 e. The maximum Gasteiger partial charge on any atom is 0.344 e. The van der Waals surface area contributed by atoms with Gasteiger partial charge in [0.2, 0.25) is 0 Å². The highest BCUT2D eigenvalue weighted by atomic mass is 16.5. The molecule has 0 aliphatic heterocycles. The predicted molar refractivity (Wildman–Crippen MR) is 87.1 cm³/mol. The molecule has 0 atom stereocenters. The van der Waals surface area contributed by atoms with Crippen LogP contribution in [-0.2, 0) is 11.2 Å². The quantitative estimate of drug-likeness (QED) is 0.577. The van der Waals surface area contributed by atoms with Crippen molar-refractivity contribution in [1.29, 1.82) is 0 Å². The number of carboxylic acids is 1. The third-order valence-corrected chi connectivity index (χ3v) is 3.76. The summed E-state index contributed by atoms with van der Waals surface area (Å²) in [6.45, 7) is 2.07. The van der Waals surface area contributed by atoms with Gasteiger partial charge in [-0.25, -0.2) is 4.79 Å². The third-order valence-electron chi connectivity index (χ3n) is 3.76. The summed E-state index contributed by atoms with van der Waals surface area (Å²) in [7, 11) is 0. The molecule has 5 heteroatoms. The van der Waals surface area contributed by atoms with Crippen LogP contribution >= 0.6 is 0 Å². The summed E-state index contributed by atoms with van der Waals surface area (Å²) < 4.78 is 10.9. The van der Waals surface area contributed by atoms with Crippen LogP contribution in [0.15, 0.2) is 45.6 Å². The summed E-state index contributed by atoms with van der Waals surface area (Å²) in [5.74, 6) is -0.360. The van der Waals surface area contributed by atoms with Gasteiger partial charge in [-0.3, -0.25) is 4.79 Å². The average Bonchev–Trinajstić information content (AvgIpc) is 2.54. The lowest BCUT2D eigenvalue weighted by Crippen LogP contribution is -2.06. The van der Waals surface area contributed by atoms with Crippen LogP contribution in [0.1, 0.15) is 18.9 Å². The first-order valence-electron chi connectivity index (χ1n) is 7.43. The summed E-state index contributed by atoms with van der Waals surface area (Å²) in [5, 5.41) is 10.9. The van der Waals surface area contributed by atoms with Gasteiger partial charge in [-0.2, -0.15) is 0 Å². The summed E-state index contributed by atoms with van der Waals surface area (Å²) in [4.78, 5) is 22.7. The molecular weight excluding hydrogens is 296 g/mol. The Morgan fingerprint density at radius 2 is 1.91 bits per heavy atom. The van der Waals surface area contributed by atoms with Crippen molar-refractivity contribution in [3.63, 3.8) is 0 Å². The molecule has 0 saturated heterocycles. The van der Waals surface area contributed by atoms with Gasteiger partial charge < -0.3 is 14.3 Å². The Morgan fingerprint density at radius 1 is 1.17 bits per heavy atom. The molecule has 0 fully saturated rings. The second-order valence-corrected chi connectivity index (χ2v) is 5.24. The Bertz CT molecular complexity index is 939. The molecular formula is C18H16O5. The minimum atomic E-state index is -0.915. The van der Waals surface area contributed by atoms with E-state index in [0.717, 1.165) is 22.8 Å². The molecule has 0 aliphatic rings. The van der Waals surface area contributed by atoms with Crippen molar-refractivity contribution in [3.05, 3.63) is 52.4 Å². The number of hydrogen-bond acceptors (Lipinski definition) is 4. The molecule has 3 aromatic rings. The van der Waals surface area contributed by atoms with Gasteiger partial charge in [0.05, 0.1) is 18.4 Å². The van der Waals surface area contributed by atoms with E-state index in [1.165, 1.54) is 0 Å². The van der Waals surface area contributed by atoms with Crippen LogP contribution in [-0.4, -0.2) is 17.7 Å². The second-order valence-electron chi connectivity index (χ2n) is 5.24. The molecule has 1 N–H and O–H groups in total. The van der Waals surface area contributed by atoms with Crippen LogP contribution in [0, 0.1) is 0 Å². The van der Waals surface area contributed by atoms with Crippen LogP contribution in [0.2, 0.25) is 0 Å². The first-order valence-corrected chi connectivity index (χ1v) is 7.43. The SMILES string of the molecule is CCc1cc2c(cc1OCCC(=O)O)oc(=O)c1ccccc12. The van der Waals surface area contributed by atoms with E-state index in [1.54, 1.807) is 18.2 Å². The lowest BCUT2D eigenvalue weighted by Gasteiger charge is -2.12. The summed E-state index contributed by atoms with van der Waals surface area (Å²) in [6, 6.07) is 10.9. The number of aryl methyl sites for hydroxylation is 1. The molecule has 0 aliphatic carbocycles. The van der Waals surface area contributed by atoms with Gasteiger partial charge in [0.15, 0.2) is 0 Å². The maximum absolute atomic E-state index is 12.1. The highest BCUT2D eigenvalue weighted by Crippen LogP contribution is 2.30. The van der Waals surface area contributed by atoms with Crippen molar-refractivity contribution in [3.8, 4) is 5.75 Å². The third kappa shape index (κ3) is 2.90. The standard InChI is InChI=1S/C18H16O5/c1-2-11-9-14-12-5-3-4-6-13(12)18(21)23-16(14)10-15(11)22-8-7-17(19)20/h3-6,9-10H,2,7-8H2,1H3,(H,19,20). The molecule has 3 rings (SSSR count). The second kappa shape index (κ2) is 6.12. The monoisotopic (exact) mass is 312 g/mol. The first kappa shape index (κ1) is 15.1. The molecule has 118 valence electrons. The van der Waals surface area contributed by atoms with E-state index in [9.17, 15) is 9.59 Å². The normalized spacial score (nSPS) is 11.0. The number of carbonyl (C=O) groups is 1. The van der Waals surface area contributed by atoms with E-state index in [1.807, 2.05) is 25.1 Å². The molecule has 0 saturated carbocycles. The molecule has 0 unspecified atom stereocenters. The van der Waals surface area contributed by atoms with Crippen molar-refractivity contribution in [1.82, 2.24) is 0 Å². The van der Waals surface area contributed by atoms with Gasteiger partial charge in [0.25, 0.3) is 0 Å². The predicted octanol–water partition coefficient (Wildman–Crippen LogP) is 3.36. The number of aliphatic carboxylic acids is 1. The Kier molecular flexibility index (Phi) is 4.02. The van der Waals surface area contributed by atoms with E-state index in [0.29, 0.717) is 16.7 Å². The van der Waals surface area contributed by atoms with Crippen LogP contribution in [0.4, 0.5) is 0 Å². The van der Waals surface area contributed by atoms with Gasteiger partial charge in [-0.05, 0) is 29.5 Å². The Morgan fingerprint density at radius 3 is 2.61 bits per heavy atom. The number of hydrogen-bond donors (Lipinski definition) is 1. The van der Waals surface area contributed by atoms with Crippen molar-refractivity contribution >= 4 is 27.7 Å². The van der Waals surface area contributed by atoms with Gasteiger partial charge in [0.1, 0.15) is 11.3 Å². The van der Waals surface area contributed by atoms with Crippen molar-refractivity contribution in [2.75, 3.05) is 6.61 Å². The van der Waals surface area contributed by atoms with Crippen molar-refractivity contribution in [2.45, 2.75) is 19.8 Å². The molecule has 5 nitrogen and oxygen atoms in total. The van der Waals surface area contributed by atoms with Crippen LogP contribution in [0.25, 0.3) is 21.7 Å². The summed E-state index contributed by atoms with van der Waals surface area (Å²) in [6.07, 6.45) is 0.647. The maximum atomic E-state index is 12.1. The van der Waals surface area contributed by atoms with Gasteiger partial charge >= 0.3 is 11.6 Å². The first-order chi connectivity index (χ1) is 11.1. The average molecular weight is 312 g/mol. The zero-order valence-corrected chi connectivity index (χ0v) is 12.7. The summed E-state index contributed by atoms with van der Waals surface area (Å²) >= 11 is 0. The zero-order chi connectivity index (χ0) is 16.4. The number of ether oxygens (including phenoxy) is 1. The minimum absolute atomic E-state index is 0.0751. The van der Waals surface area contributed by atoms with E-state index in [-0.39, 0.29) is 13.0 Å². The van der Waals surface area contributed by atoms with Crippen LogP contribution in [0.3, 0.4) is 0 Å². The molecule has 2 aromatic carbocycles. The Labute approximate surface area is 132 Å².